The number of hydrogen-bond donors (Lipinski definition) is 0. The summed E-state index contributed by atoms with van der Waals surface area (Å²) in [5, 5.41) is 3.48. The van der Waals surface area contributed by atoms with Crippen molar-refractivity contribution in [1.82, 2.24) is 9.97 Å². The molecule has 144 valence electrons. The van der Waals surface area contributed by atoms with Crippen LogP contribution in [0, 0.1) is 12.7 Å². The molecule has 0 aliphatic heterocycles. The first-order valence-corrected chi connectivity index (χ1v) is 9.71. The van der Waals surface area contributed by atoms with E-state index >= 15 is 0 Å². The van der Waals surface area contributed by atoms with E-state index in [4.69, 9.17) is 4.42 Å². The molecule has 0 N–H and O–H groups in total. The number of halogens is 1. The van der Waals surface area contributed by atoms with Crippen LogP contribution in [0.25, 0.3) is 43.9 Å². The summed E-state index contributed by atoms with van der Waals surface area (Å²) >= 11 is 0. The van der Waals surface area contributed by atoms with Gasteiger partial charge >= 0.3 is 0 Å². The van der Waals surface area contributed by atoms with Crippen molar-refractivity contribution >= 4 is 32.6 Å². The number of rotatable bonds is 1. The van der Waals surface area contributed by atoms with Gasteiger partial charge in [0, 0.05) is 29.5 Å². The summed E-state index contributed by atoms with van der Waals surface area (Å²) in [6, 6.07) is 15.1. The highest BCUT2D eigenvalue weighted by molar-refractivity contribution is 6.11. The first-order chi connectivity index (χ1) is 13.8. The smallest absolute Gasteiger partial charge is 0.192 e. The predicted octanol–water partition coefficient (Wildman–Crippen LogP) is 6.94. The van der Waals surface area contributed by atoms with E-state index in [1.54, 1.807) is 12.3 Å². The Bertz CT molecular complexity index is 1410. The van der Waals surface area contributed by atoms with E-state index in [9.17, 15) is 4.39 Å². The van der Waals surface area contributed by atoms with E-state index in [2.05, 4.69) is 36.8 Å². The number of benzene rings is 3. The molecule has 0 aliphatic rings. The summed E-state index contributed by atoms with van der Waals surface area (Å²) in [4.78, 5) is 9.29. The average Bonchev–Trinajstić information content (AvgIpc) is 3.06. The van der Waals surface area contributed by atoms with Crippen LogP contribution in [-0.4, -0.2) is 9.97 Å². The summed E-state index contributed by atoms with van der Waals surface area (Å²) < 4.78 is 20.1. The van der Waals surface area contributed by atoms with Crippen LogP contribution in [0.4, 0.5) is 4.39 Å². The van der Waals surface area contributed by atoms with E-state index in [-0.39, 0.29) is 11.2 Å². The van der Waals surface area contributed by atoms with Crippen molar-refractivity contribution < 1.29 is 8.81 Å². The van der Waals surface area contributed by atoms with Crippen molar-refractivity contribution in [2.45, 2.75) is 33.1 Å². The predicted molar refractivity (Wildman–Crippen MR) is 116 cm³/mol. The molecular formula is C25H21FN2O. The zero-order chi connectivity index (χ0) is 20.3. The monoisotopic (exact) mass is 384 g/mol. The number of hydrogen-bond acceptors (Lipinski definition) is 3. The molecule has 0 bridgehead atoms. The van der Waals surface area contributed by atoms with Crippen molar-refractivity contribution in [3.63, 3.8) is 0 Å². The van der Waals surface area contributed by atoms with Crippen molar-refractivity contribution in [3.05, 3.63) is 72.0 Å². The topological polar surface area (TPSA) is 38.9 Å². The van der Waals surface area contributed by atoms with Crippen LogP contribution < -0.4 is 0 Å². The number of fused-ring (bicyclic) bond motifs is 4. The molecule has 0 aliphatic carbocycles. The Morgan fingerprint density at radius 1 is 0.897 bits per heavy atom. The lowest BCUT2D eigenvalue weighted by Crippen LogP contribution is -2.12. The summed E-state index contributed by atoms with van der Waals surface area (Å²) in [6.07, 6.45) is 1.79. The van der Waals surface area contributed by atoms with Crippen molar-refractivity contribution in [2.75, 3.05) is 0 Å². The molecule has 5 aromatic rings. The molecule has 3 aromatic carbocycles. The average molecular weight is 384 g/mol. The van der Waals surface area contributed by atoms with Gasteiger partial charge in [-0.25, -0.2) is 9.37 Å². The Labute approximate surface area is 168 Å². The van der Waals surface area contributed by atoms with E-state index in [1.807, 2.05) is 37.3 Å². The van der Waals surface area contributed by atoms with Gasteiger partial charge in [0.05, 0.1) is 5.69 Å². The maximum Gasteiger partial charge on any atom is 0.192 e. The molecule has 2 aromatic heterocycles. The van der Waals surface area contributed by atoms with Gasteiger partial charge in [-0.05, 0) is 46.0 Å². The Morgan fingerprint density at radius 2 is 1.66 bits per heavy atom. The zero-order valence-corrected chi connectivity index (χ0v) is 16.9. The number of aromatic nitrogens is 2. The second-order valence-corrected chi connectivity index (χ2v) is 8.51. The molecule has 0 saturated heterocycles. The van der Waals surface area contributed by atoms with Gasteiger partial charge in [-0.3, -0.25) is 4.98 Å². The van der Waals surface area contributed by atoms with Gasteiger partial charge in [0.1, 0.15) is 11.3 Å². The van der Waals surface area contributed by atoms with Crippen LogP contribution in [0.1, 0.15) is 32.2 Å². The molecule has 0 saturated carbocycles. The fraction of sp³-hybridized carbons (Fsp3) is 0.200. The Kier molecular flexibility index (Phi) is 3.75. The molecule has 2 heterocycles. The third kappa shape index (κ3) is 2.79. The Balaban J connectivity index is 1.85. The first kappa shape index (κ1) is 17.8. The molecule has 0 fully saturated rings. The molecule has 29 heavy (non-hydrogen) atoms. The summed E-state index contributed by atoms with van der Waals surface area (Å²) in [5.74, 6) is 0.436. The van der Waals surface area contributed by atoms with Gasteiger partial charge in [0.15, 0.2) is 11.5 Å². The number of nitrogens with zero attached hydrogens (tertiary/aromatic N) is 2. The minimum absolute atomic E-state index is 0.0992. The minimum Gasteiger partial charge on any atom is -0.441 e. The second-order valence-electron chi connectivity index (χ2n) is 8.51. The van der Waals surface area contributed by atoms with Crippen molar-refractivity contribution in [1.29, 1.82) is 0 Å². The first-order valence-electron chi connectivity index (χ1n) is 9.71. The Hall–Kier alpha value is -3.27. The quantitative estimate of drug-likeness (QED) is 0.294. The zero-order valence-electron chi connectivity index (χ0n) is 16.9. The third-order valence-corrected chi connectivity index (χ3v) is 5.43. The summed E-state index contributed by atoms with van der Waals surface area (Å²) in [7, 11) is 0. The summed E-state index contributed by atoms with van der Waals surface area (Å²) in [6.45, 7) is 8.37. The highest BCUT2D eigenvalue weighted by Crippen LogP contribution is 2.37. The van der Waals surface area contributed by atoms with Crippen LogP contribution in [0.5, 0.6) is 0 Å². The molecular weight excluding hydrogens is 363 g/mol. The molecule has 0 spiro atoms. The standard InChI is InChI=1S/C25H21FN2O/c1-14-28-24-20(25(2,3)4)12-15(13-22(24)29-14)23-19-9-8-18-16(6-5-7-21(18)26)17(19)10-11-27-23/h5-13H,1-4H3. The van der Waals surface area contributed by atoms with E-state index < -0.39 is 0 Å². The van der Waals surface area contributed by atoms with Gasteiger partial charge in [-0.2, -0.15) is 0 Å². The number of oxazole rings is 1. The highest BCUT2D eigenvalue weighted by Gasteiger charge is 2.22. The van der Waals surface area contributed by atoms with Gasteiger partial charge in [0.25, 0.3) is 0 Å². The molecule has 5 rings (SSSR count). The molecule has 0 atom stereocenters. The third-order valence-electron chi connectivity index (χ3n) is 5.43. The van der Waals surface area contributed by atoms with Gasteiger partial charge in [-0.15, -0.1) is 0 Å². The minimum atomic E-state index is -0.212. The van der Waals surface area contributed by atoms with Crippen LogP contribution in [0.3, 0.4) is 0 Å². The van der Waals surface area contributed by atoms with Crippen LogP contribution in [0.2, 0.25) is 0 Å². The Morgan fingerprint density at radius 3 is 2.45 bits per heavy atom. The van der Waals surface area contributed by atoms with Crippen molar-refractivity contribution in [2.24, 2.45) is 0 Å². The fourth-order valence-corrected chi connectivity index (χ4v) is 4.06. The molecule has 4 heteroatoms. The lowest BCUT2D eigenvalue weighted by atomic mass is 9.84. The van der Waals surface area contributed by atoms with E-state index in [0.29, 0.717) is 11.3 Å². The van der Waals surface area contributed by atoms with Crippen LogP contribution >= 0.6 is 0 Å². The maximum absolute atomic E-state index is 14.3. The second kappa shape index (κ2) is 6.11. The van der Waals surface area contributed by atoms with Crippen molar-refractivity contribution in [3.8, 4) is 11.3 Å². The largest absolute Gasteiger partial charge is 0.441 e. The van der Waals surface area contributed by atoms with Gasteiger partial charge in [0.2, 0.25) is 0 Å². The van der Waals surface area contributed by atoms with Gasteiger partial charge in [-0.1, -0.05) is 45.0 Å². The lowest BCUT2D eigenvalue weighted by molar-refractivity contribution is 0.561. The van der Waals surface area contributed by atoms with E-state index in [0.717, 1.165) is 44.1 Å². The highest BCUT2D eigenvalue weighted by atomic mass is 19.1. The van der Waals surface area contributed by atoms with E-state index in [1.165, 1.54) is 6.07 Å². The molecule has 3 nitrogen and oxygen atoms in total. The summed E-state index contributed by atoms with van der Waals surface area (Å²) in [5.41, 5.74) is 4.50. The van der Waals surface area contributed by atoms with Gasteiger partial charge < -0.3 is 4.42 Å². The molecule has 0 amide bonds. The fourth-order valence-electron chi connectivity index (χ4n) is 4.06. The maximum atomic E-state index is 14.3. The number of pyridine rings is 1. The van der Waals surface area contributed by atoms with Crippen LogP contribution in [-0.2, 0) is 5.41 Å². The SMILES string of the molecule is Cc1nc2c(C(C)(C)C)cc(-c3nccc4c3ccc3c(F)cccc34)cc2o1. The lowest BCUT2D eigenvalue weighted by Gasteiger charge is -2.20. The normalized spacial score (nSPS) is 12.3. The van der Waals surface area contributed by atoms with Crippen LogP contribution in [0.15, 0.2) is 59.1 Å². The molecule has 0 unspecified atom stereocenters. The number of aryl methyl sites for hydroxylation is 1. The molecule has 0 radical (unpaired) electrons.